The largest absolute Gasteiger partial charge is 0.317 e. The first-order chi connectivity index (χ1) is 4.47. The number of piperidine rings is 1. The lowest BCUT2D eigenvalue weighted by atomic mass is 9.93. The summed E-state index contributed by atoms with van der Waals surface area (Å²) in [5.41, 5.74) is 0. The van der Waals surface area contributed by atoms with Crippen LogP contribution in [0.4, 0.5) is 0 Å². The Kier molecular flexibility index (Phi) is 2.99. The van der Waals surface area contributed by atoms with E-state index in [9.17, 15) is 0 Å². The van der Waals surface area contributed by atoms with E-state index in [4.69, 9.17) is 0 Å². The molecule has 0 aromatic heterocycles. The molecule has 1 nitrogen and oxygen atoms in total. The maximum Gasteiger partial charge on any atom is -0.00462 e. The lowest BCUT2D eigenvalue weighted by Gasteiger charge is -2.21. The van der Waals surface area contributed by atoms with Gasteiger partial charge in [-0.05, 0) is 50.6 Å². The zero-order chi connectivity index (χ0) is 6.10. The van der Waals surface area contributed by atoms with Gasteiger partial charge in [-0.25, -0.2) is 0 Å². The van der Waals surface area contributed by atoms with Crippen LogP contribution in [0.5, 0.6) is 0 Å². The van der Waals surface area contributed by atoms with E-state index in [-0.39, 0.29) is 12.4 Å². The first-order valence-corrected chi connectivity index (χ1v) is 4.17. The van der Waals surface area contributed by atoms with E-state index in [1.807, 2.05) is 0 Å². The summed E-state index contributed by atoms with van der Waals surface area (Å²) in [5, 5.41) is 3.40. The molecule has 10 heavy (non-hydrogen) atoms. The zero-order valence-electron chi connectivity index (χ0n) is 6.31. The summed E-state index contributed by atoms with van der Waals surface area (Å²) in [6.07, 6.45) is 5.96. The summed E-state index contributed by atoms with van der Waals surface area (Å²) >= 11 is 0. The first kappa shape index (κ1) is 8.35. The van der Waals surface area contributed by atoms with Crippen LogP contribution in [0, 0.1) is 11.8 Å². The number of nitrogens with one attached hydrogen (secondary N) is 1. The van der Waals surface area contributed by atoms with Crippen LogP contribution in [0.25, 0.3) is 0 Å². The highest BCUT2D eigenvalue weighted by Gasteiger charge is 2.31. The Morgan fingerprint density at radius 1 is 0.800 bits per heavy atom. The molecule has 60 valence electrons. The quantitative estimate of drug-likeness (QED) is 0.619. The molecule has 1 aliphatic carbocycles. The predicted octanol–water partition coefficient (Wildman–Crippen LogP) is 1.82. The fourth-order valence-corrected chi connectivity index (χ4v) is 1.88. The summed E-state index contributed by atoms with van der Waals surface area (Å²) in [4.78, 5) is 0. The van der Waals surface area contributed by atoms with Crippen molar-refractivity contribution >= 4 is 12.4 Å². The molecule has 1 saturated heterocycles. The highest BCUT2D eigenvalue weighted by Crippen LogP contribution is 2.40. The predicted molar refractivity (Wildman–Crippen MR) is 45.6 cm³/mol. The van der Waals surface area contributed by atoms with Gasteiger partial charge in [-0.1, -0.05) is 0 Å². The molecule has 1 N–H and O–H groups in total. The van der Waals surface area contributed by atoms with Crippen LogP contribution in [-0.4, -0.2) is 13.1 Å². The number of rotatable bonds is 1. The molecule has 2 fully saturated rings. The minimum atomic E-state index is 0. The minimum absolute atomic E-state index is 0. The van der Waals surface area contributed by atoms with Gasteiger partial charge in [0, 0.05) is 0 Å². The molecule has 1 saturated carbocycles. The number of hydrogen-bond acceptors (Lipinski definition) is 1. The average Bonchev–Trinajstić information content (AvgIpc) is 2.71. The molecule has 0 atom stereocenters. The van der Waals surface area contributed by atoms with Crippen LogP contribution in [0.2, 0.25) is 0 Å². The minimum Gasteiger partial charge on any atom is -0.317 e. The fraction of sp³-hybridized carbons (Fsp3) is 1.00. The maximum absolute atomic E-state index is 3.40. The molecule has 0 aromatic rings. The third kappa shape index (κ3) is 1.86. The number of hydrogen-bond donors (Lipinski definition) is 1. The van der Waals surface area contributed by atoms with Crippen LogP contribution in [0.3, 0.4) is 0 Å². The summed E-state index contributed by atoms with van der Waals surface area (Å²) in [7, 11) is 0. The van der Waals surface area contributed by atoms with Gasteiger partial charge in [0.1, 0.15) is 0 Å². The molecule has 1 heterocycles. The van der Waals surface area contributed by atoms with E-state index in [0.717, 1.165) is 11.8 Å². The lowest BCUT2D eigenvalue weighted by molar-refractivity contribution is 0.337. The van der Waals surface area contributed by atoms with Crippen LogP contribution in [0.1, 0.15) is 25.7 Å². The van der Waals surface area contributed by atoms with Gasteiger partial charge in [-0.2, -0.15) is 0 Å². The van der Waals surface area contributed by atoms with Crippen LogP contribution < -0.4 is 5.32 Å². The molecule has 2 aliphatic rings. The molecule has 0 amide bonds. The Bertz CT molecular complexity index is 95.4. The Morgan fingerprint density at radius 3 is 1.80 bits per heavy atom. The van der Waals surface area contributed by atoms with Gasteiger partial charge in [-0.15, -0.1) is 12.4 Å². The van der Waals surface area contributed by atoms with Gasteiger partial charge in [0.15, 0.2) is 0 Å². The van der Waals surface area contributed by atoms with Crippen molar-refractivity contribution in [1.29, 1.82) is 0 Å². The van der Waals surface area contributed by atoms with Crippen LogP contribution in [0.15, 0.2) is 0 Å². The Balaban J connectivity index is 0.000000500. The van der Waals surface area contributed by atoms with Crippen molar-refractivity contribution < 1.29 is 0 Å². The maximum atomic E-state index is 3.40. The van der Waals surface area contributed by atoms with Crippen molar-refractivity contribution in [2.75, 3.05) is 13.1 Å². The molecule has 2 heteroatoms. The van der Waals surface area contributed by atoms with Crippen molar-refractivity contribution in [1.82, 2.24) is 5.32 Å². The summed E-state index contributed by atoms with van der Waals surface area (Å²) in [6, 6.07) is 0. The number of halogens is 1. The third-order valence-corrected chi connectivity index (χ3v) is 2.67. The second kappa shape index (κ2) is 3.59. The van der Waals surface area contributed by atoms with E-state index >= 15 is 0 Å². The van der Waals surface area contributed by atoms with Crippen molar-refractivity contribution in [2.24, 2.45) is 11.8 Å². The topological polar surface area (TPSA) is 12.0 Å². The smallest absolute Gasteiger partial charge is 0.00462 e. The first-order valence-electron chi connectivity index (χ1n) is 4.17. The van der Waals surface area contributed by atoms with E-state index in [2.05, 4.69) is 5.32 Å². The second-order valence-electron chi connectivity index (χ2n) is 3.42. The third-order valence-electron chi connectivity index (χ3n) is 2.67. The van der Waals surface area contributed by atoms with Crippen molar-refractivity contribution in [3.05, 3.63) is 0 Å². The lowest BCUT2D eigenvalue weighted by Crippen LogP contribution is -2.28. The Hall–Kier alpha value is 0.250. The Morgan fingerprint density at radius 2 is 1.30 bits per heavy atom. The molecular weight excluding hydrogens is 146 g/mol. The molecule has 0 spiro atoms. The standard InChI is InChI=1S/C8H15N.ClH/c1-2-7(1)8-3-5-9-6-4-8;/h7-9H,1-6H2;1H. The van der Waals surface area contributed by atoms with Crippen LogP contribution >= 0.6 is 12.4 Å². The highest BCUT2D eigenvalue weighted by molar-refractivity contribution is 5.85. The zero-order valence-corrected chi connectivity index (χ0v) is 7.12. The van der Waals surface area contributed by atoms with Gasteiger partial charge >= 0.3 is 0 Å². The van der Waals surface area contributed by atoms with Crippen molar-refractivity contribution in [3.8, 4) is 0 Å². The summed E-state index contributed by atoms with van der Waals surface area (Å²) in [5.74, 6) is 2.25. The fourth-order valence-electron chi connectivity index (χ4n) is 1.88. The summed E-state index contributed by atoms with van der Waals surface area (Å²) < 4.78 is 0. The van der Waals surface area contributed by atoms with E-state index in [1.54, 1.807) is 0 Å². The van der Waals surface area contributed by atoms with Gasteiger partial charge in [0.25, 0.3) is 0 Å². The second-order valence-corrected chi connectivity index (χ2v) is 3.42. The molecule has 1 aliphatic heterocycles. The van der Waals surface area contributed by atoms with Gasteiger partial charge < -0.3 is 5.32 Å². The molecule has 2 rings (SSSR count). The summed E-state index contributed by atoms with van der Waals surface area (Å²) in [6.45, 7) is 2.56. The van der Waals surface area contributed by atoms with Gasteiger partial charge in [0.05, 0.1) is 0 Å². The monoisotopic (exact) mass is 161 g/mol. The Labute approximate surface area is 69.0 Å². The van der Waals surface area contributed by atoms with Gasteiger partial charge in [-0.3, -0.25) is 0 Å². The SMILES string of the molecule is C1CC(C2CC2)CCN1.Cl. The molecule has 0 radical (unpaired) electrons. The van der Waals surface area contributed by atoms with Gasteiger partial charge in [0.2, 0.25) is 0 Å². The molecule has 0 aromatic carbocycles. The average molecular weight is 162 g/mol. The normalized spacial score (nSPS) is 27.6. The van der Waals surface area contributed by atoms with Crippen molar-refractivity contribution in [2.45, 2.75) is 25.7 Å². The molecule has 0 unspecified atom stereocenters. The molecule has 0 bridgehead atoms. The van der Waals surface area contributed by atoms with E-state index in [1.165, 1.54) is 38.8 Å². The van der Waals surface area contributed by atoms with Crippen LogP contribution in [-0.2, 0) is 0 Å². The van der Waals surface area contributed by atoms with E-state index < -0.39 is 0 Å². The van der Waals surface area contributed by atoms with E-state index in [0.29, 0.717) is 0 Å². The molecular formula is C8H16ClN. The highest BCUT2D eigenvalue weighted by atomic mass is 35.5. The van der Waals surface area contributed by atoms with Crippen molar-refractivity contribution in [3.63, 3.8) is 0 Å².